The van der Waals surface area contributed by atoms with Gasteiger partial charge in [-0.05, 0) is 35.9 Å². The summed E-state index contributed by atoms with van der Waals surface area (Å²) >= 11 is 0. The Balaban J connectivity index is 1.26. The van der Waals surface area contributed by atoms with Crippen LogP contribution in [0.3, 0.4) is 0 Å². The number of hydrogen-bond acceptors (Lipinski definition) is 19. The molecule has 0 aliphatic carbocycles. The first-order valence-corrected chi connectivity index (χ1v) is 17.3. The number of esters is 1. The molecule has 0 amide bonds. The summed E-state index contributed by atoms with van der Waals surface area (Å²) in [4.78, 5) is 37.6. The summed E-state index contributed by atoms with van der Waals surface area (Å²) in [5, 5.41) is 93.8. The number of benzene rings is 3. The molecule has 10 unspecified atom stereocenters. The molecule has 20 heteroatoms. The van der Waals surface area contributed by atoms with E-state index in [9.17, 15) is 60.3 Å². The molecule has 1 aromatic heterocycles. The minimum absolute atomic E-state index is 0.00932. The number of hydrogen-bond donors (Lipinski definition) is 9. The van der Waals surface area contributed by atoms with E-state index in [4.69, 9.17) is 37.6 Å². The van der Waals surface area contributed by atoms with E-state index in [-0.39, 0.29) is 51.0 Å². The number of aliphatic hydroxyl groups excluding tert-OH is 5. The van der Waals surface area contributed by atoms with Gasteiger partial charge in [0.25, 0.3) is 0 Å². The minimum atomic E-state index is -2.17. The van der Waals surface area contributed by atoms with E-state index in [0.717, 1.165) is 24.3 Å². The van der Waals surface area contributed by atoms with Crippen LogP contribution in [0.4, 0.5) is 0 Å². The molecule has 2 fully saturated rings. The average Bonchev–Trinajstić information content (AvgIpc) is 3.19. The number of methoxy groups -OCH3 is 2. The lowest BCUT2D eigenvalue weighted by molar-refractivity contribution is -0.355. The fourth-order valence-corrected chi connectivity index (χ4v) is 6.19. The summed E-state index contributed by atoms with van der Waals surface area (Å²) in [6, 6.07) is 11.6. The van der Waals surface area contributed by atoms with Crippen LogP contribution in [0.15, 0.2) is 69.9 Å². The molecule has 2 saturated heterocycles. The maximum atomic E-state index is 13.2. The zero-order valence-electron chi connectivity index (χ0n) is 30.3. The topological polar surface area (TPSA) is 311 Å². The Bertz CT molecular complexity index is 2190. The standard InChI is InChI=1S/C38H38O20/c1-51-23-9-16(10-24(52-2)28(23)43)21-13-20(41)27-19(40)11-18(12-22(27)55-21)54-38-35(32(47)31(46)34(57-38)36(49)50)58-37-33(48)30(45)29(44)25(56-37)14-53-26(42)8-5-15-3-6-17(39)7-4-15/h3-13,25,29-35,37-40,43-48H,14H2,1-2H3,(H,49,50). The fourth-order valence-electron chi connectivity index (χ4n) is 6.19. The number of phenols is 3. The molecule has 2 aliphatic rings. The number of aliphatic carboxylic acids is 1. The minimum Gasteiger partial charge on any atom is -0.508 e. The number of carbonyl (C=O) groups excluding carboxylic acids is 1. The van der Waals surface area contributed by atoms with Gasteiger partial charge in [0.05, 0.1) is 14.2 Å². The van der Waals surface area contributed by atoms with Crippen LogP contribution in [0.25, 0.3) is 28.4 Å². The van der Waals surface area contributed by atoms with Gasteiger partial charge in [-0.25, -0.2) is 9.59 Å². The molecule has 2 aliphatic heterocycles. The van der Waals surface area contributed by atoms with E-state index in [1.165, 1.54) is 56.7 Å². The van der Waals surface area contributed by atoms with Crippen molar-refractivity contribution < 1.29 is 93.1 Å². The Morgan fingerprint density at radius 3 is 2.10 bits per heavy atom. The SMILES string of the molecule is COc1cc(-c2cc(=O)c3c(O)cc(OC4OC(C(=O)O)C(O)C(O)C4OC4OC(COC(=O)C=Cc5ccc(O)cc5)C(O)C(O)C4O)cc3o2)cc(OC)c1O. The lowest BCUT2D eigenvalue weighted by Gasteiger charge is -2.45. The van der Waals surface area contributed by atoms with E-state index >= 15 is 0 Å². The average molecular weight is 815 g/mol. The van der Waals surface area contributed by atoms with Crippen molar-refractivity contribution >= 4 is 29.0 Å². The van der Waals surface area contributed by atoms with Crippen LogP contribution in [0, 0.1) is 0 Å². The van der Waals surface area contributed by atoms with Crippen molar-refractivity contribution in [1.29, 1.82) is 0 Å². The molecule has 10 atom stereocenters. The Labute approximate surface area is 326 Å². The smallest absolute Gasteiger partial charge is 0.335 e. The Kier molecular flexibility index (Phi) is 12.4. The summed E-state index contributed by atoms with van der Waals surface area (Å²) in [5.74, 6) is -4.11. The number of carbonyl (C=O) groups is 2. The van der Waals surface area contributed by atoms with Crippen LogP contribution in [-0.4, -0.2) is 140 Å². The third kappa shape index (κ3) is 8.63. The quantitative estimate of drug-likeness (QED) is 0.0669. The van der Waals surface area contributed by atoms with Crippen molar-refractivity contribution in [2.45, 2.75) is 61.4 Å². The maximum absolute atomic E-state index is 13.2. The molecule has 0 bridgehead atoms. The third-order valence-corrected chi connectivity index (χ3v) is 9.24. The highest BCUT2D eigenvalue weighted by molar-refractivity contribution is 5.87. The van der Waals surface area contributed by atoms with Crippen LogP contribution in [0.5, 0.6) is 34.5 Å². The number of aliphatic hydroxyl groups is 5. The molecular formula is C38H38O20. The first kappa shape index (κ1) is 41.7. The van der Waals surface area contributed by atoms with Crippen molar-refractivity contribution in [3.05, 3.63) is 76.5 Å². The number of carboxylic acid groups (broad SMARTS) is 1. The molecule has 3 heterocycles. The molecule has 3 aromatic carbocycles. The summed E-state index contributed by atoms with van der Waals surface area (Å²) < 4.78 is 44.0. The van der Waals surface area contributed by atoms with Crippen LogP contribution < -0.4 is 19.6 Å². The van der Waals surface area contributed by atoms with Gasteiger partial charge in [0.1, 0.15) is 77.2 Å². The lowest BCUT2D eigenvalue weighted by atomic mass is 9.97. The number of aromatic hydroxyl groups is 3. The highest BCUT2D eigenvalue weighted by Gasteiger charge is 2.53. The predicted octanol–water partition coefficient (Wildman–Crippen LogP) is -0.0465. The van der Waals surface area contributed by atoms with Gasteiger partial charge in [-0.2, -0.15) is 0 Å². The van der Waals surface area contributed by atoms with E-state index < -0.39 is 91.1 Å². The van der Waals surface area contributed by atoms with Gasteiger partial charge in [-0.15, -0.1) is 0 Å². The molecule has 0 radical (unpaired) electrons. The van der Waals surface area contributed by atoms with Crippen LogP contribution in [0.1, 0.15) is 5.56 Å². The van der Waals surface area contributed by atoms with Crippen LogP contribution in [-0.2, 0) is 28.5 Å². The van der Waals surface area contributed by atoms with Crippen LogP contribution in [0.2, 0.25) is 0 Å². The zero-order valence-corrected chi connectivity index (χ0v) is 30.3. The molecule has 0 spiro atoms. The second-order valence-electron chi connectivity index (χ2n) is 13.1. The molecule has 0 saturated carbocycles. The number of phenolic OH excluding ortho intramolecular Hbond substituents is 3. The van der Waals surface area contributed by atoms with Gasteiger partial charge in [0, 0.05) is 29.8 Å². The first-order chi connectivity index (χ1) is 27.6. The van der Waals surface area contributed by atoms with Gasteiger partial charge in [-0.1, -0.05) is 12.1 Å². The summed E-state index contributed by atoms with van der Waals surface area (Å²) in [7, 11) is 2.57. The molecule has 6 rings (SSSR count). The summed E-state index contributed by atoms with van der Waals surface area (Å²) in [6.07, 6.45) is -17.4. The summed E-state index contributed by atoms with van der Waals surface area (Å²) in [5.41, 5.74) is -0.245. The third-order valence-electron chi connectivity index (χ3n) is 9.24. The lowest BCUT2D eigenvalue weighted by Crippen LogP contribution is -2.65. The van der Waals surface area contributed by atoms with Crippen molar-refractivity contribution in [2.75, 3.05) is 20.8 Å². The molecule has 9 N–H and O–H groups in total. The Morgan fingerprint density at radius 1 is 0.793 bits per heavy atom. The number of rotatable bonds is 12. The van der Waals surface area contributed by atoms with Gasteiger partial charge in [0.15, 0.2) is 35.4 Å². The Morgan fingerprint density at radius 2 is 1.47 bits per heavy atom. The van der Waals surface area contributed by atoms with Gasteiger partial charge in [0.2, 0.25) is 12.0 Å². The van der Waals surface area contributed by atoms with E-state index in [1.807, 2.05) is 0 Å². The molecule has 20 nitrogen and oxygen atoms in total. The highest BCUT2D eigenvalue weighted by atomic mass is 16.8. The first-order valence-electron chi connectivity index (χ1n) is 17.3. The van der Waals surface area contributed by atoms with E-state index in [0.29, 0.717) is 5.56 Å². The second kappa shape index (κ2) is 17.3. The number of fused-ring (bicyclic) bond motifs is 1. The van der Waals surface area contributed by atoms with Crippen molar-refractivity contribution in [3.63, 3.8) is 0 Å². The van der Waals surface area contributed by atoms with Gasteiger partial charge >= 0.3 is 11.9 Å². The summed E-state index contributed by atoms with van der Waals surface area (Å²) in [6.45, 7) is -0.690. The van der Waals surface area contributed by atoms with Gasteiger partial charge in [-0.3, -0.25) is 4.79 Å². The maximum Gasteiger partial charge on any atom is 0.335 e. The molecule has 58 heavy (non-hydrogen) atoms. The normalized spacial score (nSPS) is 27.3. The monoisotopic (exact) mass is 814 g/mol. The van der Waals surface area contributed by atoms with E-state index in [1.54, 1.807) is 0 Å². The van der Waals surface area contributed by atoms with Crippen molar-refractivity contribution in [3.8, 4) is 45.8 Å². The molecule has 310 valence electrons. The zero-order chi connectivity index (χ0) is 42.0. The fraction of sp³-hybridized carbons (Fsp3) is 0.342. The van der Waals surface area contributed by atoms with Crippen molar-refractivity contribution in [1.82, 2.24) is 0 Å². The molecule has 4 aromatic rings. The van der Waals surface area contributed by atoms with Gasteiger partial charge < -0.3 is 83.5 Å². The Hall–Kier alpha value is -5.97. The highest BCUT2D eigenvalue weighted by Crippen LogP contribution is 2.41. The number of carboxylic acids is 1. The predicted molar refractivity (Wildman–Crippen MR) is 193 cm³/mol. The second-order valence-corrected chi connectivity index (χ2v) is 13.1. The van der Waals surface area contributed by atoms with E-state index in [2.05, 4.69) is 0 Å². The molecular weight excluding hydrogens is 776 g/mol. The van der Waals surface area contributed by atoms with Crippen LogP contribution >= 0.6 is 0 Å². The van der Waals surface area contributed by atoms with Crippen molar-refractivity contribution in [2.24, 2.45) is 0 Å². The largest absolute Gasteiger partial charge is 0.508 e. The number of ether oxygens (including phenoxy) is 7.